The van der Waals surface area contributed by atoms with Crippen LogP contribution in [0.15, 0.2) is 35.6 Å². The molecule has 2 N–H and O–H groups in total. The van der Waals surface area contributed by atoms with Crippen LogP contribution < -0.4 is 5.32 Å². The van der Waals surface area contributed by atoms with E-state index in [1.54, 1.807) is 0 Å². The highest BCUT2D eigenvalue weighted by Crippen LogP contribution is 2.25. The summed E-state index contributed by atoms with van der Waals surface area (Å²) < 4.78 is 0. The van der Waals surface area contributed by atoms with E-state index in [1.807, 2.05) is 12.1 Å². The fourth-order valence-electron chi connectivity index (χ4n) is 3.02. The van der Waals surface area contributed by atoms with E-state index in [0.29, 0.717) is 17.7 Å². The van der Waals surface area contributed by atoms with Crippen LogP contribution in [0.3, 0.4) is 0 Å². The highest BCUT2D eigenvalue weighted by atomic mass is 32.2. The summed E-state index contributed by atoms with van der Waals surface area (Å²) in [5.74, 6) is 3.65. The van der Waals surface area contributed by atoms with E-state index in [2.05, 4.69) is 70.1 Å². The van der Waals surface area contributed by atoms with Crippen molar-refractivity contribution in [3.05, 3.63) is 36.2 Å². The molecule has 1 aromatic heterocycles. The van der Waals surface area contributed by atoms with Gasteiger partial charge in [-0.15, -0.1) is 0 Å². The monoisotopic (exact) mass is 372 g/mol. The van der Waals surface area contributed by atoms with Crippen molar-refractivity contribution in [2.24, 2.45) is 10.9 Å². The van der Waals surface area contributed by atoms with Crippen molar-refractivity contribution in [2.45, 2.75) is 32.6 Å². The quantitative estimate of drug-likeness (QED) is 0.624. The Bertz CT molecular complexity index is 713. The van der Waals surface area contributed by atoms with Crippen molar-refractivity contribution in [3.8, 4) is 11.4 Å². The molecule has 0 saturated carbocycles. The lowest BCUT2D eigenvalue weighted by Crippen LogP contribution is -2.49. The van der Waals surface area contributed by atoms with Gasteiger partial charge in [-0.05, 0) is 24.5 Å². The molecule has 0 aliphatic carbocycles. The molecule has 1 aliphatic heterocycles. The summed E-state index contributed by atoms with van der Waals surface area (Å²) in [5, 5.41) is 11.0. The molecule has 2 aromatic rings. The van der Waals surface area contributed by atoms with Gasteiger partial charge in [0.25, 0.3) is 0 Å². The van der Waals surface area contributed by atoms with Crippen LogP contribution in [0, 0.1) is 5.92 Å². The number of aromatic nitrogens is 3. The maximum Gasteiger partial charge on any atom is 0.194 e. The highest BCUT2D eigenvalue weighted by Gasteiger charge is 2.24. The van der Waals surface area contributed by atoms with Gasteiger partial charge in [0, 0.05) is 36.2 Å². The van der Waals surface area contributed by atoms with Crippen molar-refractivity contribution in [3.63, 3.8) is 0 Å². The van der Waals surface area contributed by atoms with Crippen molar-refractivity contribution in [1.82, 2.24) is 25.4 Å². The second-order valence-corrected chi connectivity index (χ2v) is 8.15. The average molecular weight is 373 g/mol. The average Bonchev–Trinajstić information content (AvgIpc) is 3.20. The van der Waals surface area contributed by atoms with Crippen LogP contribution in [0.1, 0.15) is 26.3 Å². The van der Waals surface area contributed by atoms with Crippen molar-refractivity contribution >= 4 is 17.7 Å². The summed E-state index contributed by atoms with van der Waals surface area (Å²) in [6.07, 6.45) is 1.53. The minimum atomic E-state index is 0.653. The van der Waals surface area contributed by atoms with E-state index >= 15 is 0 Å². The number of H-pyrrole nitrogens is 1. The van der Waals surface area contributed by atoms with Gasteiger partial charge in [-0.2, -0.15) is 16.9 Å². The fourth-order valence-corrected chi connectivity index (χ4v) is 4.32. The van der Waals surface area contributed by atoms with Crippen LogP contribution in [-0.4, -0.2) is 56.7 Å². The molecule has 1 atom stereocenters. The summed E-state index contributed by atoms with van der Waals surface area (Å²) in [4.78, 5) is 11.5. The third kappa shape index (κ3) is 4.78. The molecule has 1 fully saturated rings. The number of aliphatic imine (C=N–C) groups is 1. The standard InChI is InChI=1S/C19H28N6S/c1-4-20-19(25-8-9-26-17(12-25)14(2)3)21-11-15-6-5-7-16(10-15)18-22-13-23-24-18/h5-7,10,13-14,17H,4,8-9,11-12H2,1-3H3,(H,20,21)(H,22,23,24). The zero-order valence-electron chi connectivity index (χ0n) is 15.8. The first-order valence-electron chi connectivity index (χ1n) is 9.27. The Morgan fingerprint density at radius 3 is 3.08 bits per heavy atom. The summed E-state index contributed by atoms with van der Waals surface area (Å²) in [6.45, 7) is 10.4. The Morgan fingerprint density at radius 1 is 1.46 bits per heavy atom. The number of rotatable bonds is 5. The van der Waals surface area contributed by atoms with Gasteiger partial charge < -0.3 is 10.2 Å². The molecule has 0 radical (unpaired) electrons. The number of guanidine groups is 1. The van der Waals surface area contributed by atoms with Gasteiger partial charge in [-0.1, -0.05) is 32.0 Å². The molecule has 1 unspecified atom stereocenters. The highest BCUT2D eigenvalue weighted by molar-refractivity contribution is 8.00. The molecular formula is C19H28N6S. The Balaban J connectivity index is 1.72. The van der Waals surface area contributed by atoms with E-state index in [0.717, 1.165) is 42.7 Å². The third-order valence-electron chi connectivity index (χ3n) is 4.50. The molecule has 6 nitrogen and oxygen atoms in total. The maximum atomic E-state index is 4.90. The Labute approximate surface area is 159 Å². The molecule has 0 spiro atoms. The lowest BCUT2D eigenvalue weighted by atomic mass is 10.1. The summed E-state index contributed by atoms with van der Waals surface area (Å²) >= 11 is 2.08. The van der Waals surface area contributed by atoms with E-state index in [-0.39, 0.29) is 0 Å². The first kappa shape index (κ1) is 18.8. The van der Waals surface area contributed by atoms with Gasteiger partial charge >= 0.3 is 0 Å². The minimum absolute atomic E-state index is 0.653. The van der Waals surface area contributed by atoms with Crippen LogP contribution in [-0.2, 0) is 6.54 Å². The molecule has 0 amide bonds. The Kier molecular flexibility index (Phi) is 6.55. The summed E-state index contributed by atoms with van der Waals surface area (Å²) in [6, 6.07) is 8.31. The van der Waals surface area contributed by atoms with Crippen molar-refractivity contribution < 1.29 is 0 Å². The van der Waals surface area contributed by atoms with E-state index in [9.17, 15) is 0 Å². The van der Waals surface area contributed by atoms with Crippen molar-refractivity contribution in [2.75, 3.05) is 25.4 Å². The second kappa shape index (κ2) is 9.07. The number of hydrogen-bond acceptors (Lipinski definition) is 4. The summed E-state index contributed by atoms with van der Waals surface area (Å²) in [5.41, 5.74) is 2.20. The van der Waals surface area contributed by atoms with E-state index < -0.39 is 0 Å². The van der Waals surface area contributed by atoms with Crippen molar-refractivity contribution in [1.29, 1.82) is 0 Å². The topological polar surface area (TPSA) is 69.2 Å². The zero-order valence-corrected chi connectivity index (χ0v) is 16.6. The molecule has 1 saturated heterocycles. The second-order valence-electron chi connectivity index (χ2n) is 6.80. The minimum Gasteiger partial charge on any atom is -0.357 e. The predicted octanol–water partition coefficient (Wildman–Crippen LogP) is 3.01. The Morgan fingerprint density at radius 2 is 2.35 bits per heavy atom. The fraction of sp³-hybridized carbons (Fsp3) is 0.526. The van der Waals surface area contributed by atoms with Crippen LogP contribution in [0.5, 0.6) is 0 Å². The number of hydrogen-bond donors (Lipinski definition) is 2. The molecule has 140 valence electrons. The molecule has 2 heterocycles. The molecule has 1 aliphatic rings. The van der Waals surface area contributed by atoms with Gasteiger partial charge in [0.05, 0.1) is 6.54 Å². The molecule has 26 heavy (non-hydrogen) atoms. The normalized spacial score (nSPS) is 18.4. The number of benzene rings is 1. The predicted molar refractivity (Wildman–Crippen MR) is 109 cm³/mol. The van der Waals surface area contributed by atoms with Gasteiger partial charge in [-0.25, -0.2) is 9.98 Å². The molecule has 7 heteroatoms. The Hall–Kier alpha value is -2.02. The molecule has 3 rings (SSSR count). The third-order valence-corrected chi connectivity index (χ3v) is 6.04. The van der Waals surface area contributed by atoms with Crippen LogP contribution >= 0.6 is 11.8 Å². The van der Waals surface area contributed by atoms with Gasteiger partial charge in [0.15, 0.2) is 11.8 Å². The lowest BCUT2D eigenvalue weighted by molar-refractivity contribution is 0.381. The molecule has 1 aromatic carbocycles. The number of nitrogens with zero attached hydrogens (tertiary/aromatic N) is 4. The van der Waals surface area contributed by atoms with Crippen LogP contribution in [0.25, 0.3) is 11.4 Å². The molecular weight excluding hydrogens is 344 g/mol. The zero-order chi connectivity index (χ0) is 18.4. The number of nitrogens with one attached hydrogen (secondary N) is 2. The first-order valence-corrected chi connectivity index (χ1v) is 10.3. The first-order chi connectivity index (χ1) is 12.7. The maximum absolute atomic E-state index is 4.90. The van der Waals surface area contributed by atoms with E-state index in [1.165, 1.54) is 11.9 Å². The summed E-state index contributed by atoms with van der Waals surface area (Å²) in [7, 11) is 0. The van der Waals surface area contributed by atoms with Crippen LogP contribution in [0.2, 0.25) is 0 Å². The van der Waals surface area contributed by atoms with Gasteiger partial charge in [-0.3, -0.25) is 5.10 Å². The molecule has 0 bridgehead atoms. The lowest BCUT2D eigenvalue weighted by Gasteiger charge is -2.36. The number of aromatic amines is 1. The van der Waals surface area contributed by atoms with Crippen LogP contribution in [0.4, 0.5) is 0 Å². The smallest absolute Gasteiger partial charge is 0.194 e. The SMILES string of the molecule is CCNC(=NCc1cccc(-c2ncn[nH]2)c1)N1CCSC(C(C)C)C1. The van der Waals surface area contributed by atoms with Gasteiger partial charge in [0.1, 0.15) is 6.33 Å². The van der Waals surface area contributed by atoms with E-state index in [4.69, 9.17) is 4.99 Å². The largest absolute Gasteiger partial charge is 0.357 e. The van der Waals surface area contributed by atoms with Gasteiger partial charge in [0.2, 0.25) is 0 Å². The number of thioether (sulfide) groups is 1.